The lowest BCUT2D eigenvalue weighted by atomic mass is 10.1. The minimum absolute atomic E-state index is 0.0418. The first-order valence-corrected chi connectivity index (χ1v) is 6.72. The molecule has 2 N–H and O–H groups in total. The highest BCUT2D eigenvalue weighted by Crippen LogP contribution is 2.17. The molecule has 110 valence electrons. The van der Waals surface area contributed by atoms with Gasteiger partial charge in [0.1, 0.15) is 0 Å². The van der Waals surface area contributed by atoms with E-state index in [1.165, 1.54) is 0 Å². The quantitative estimate of drug-likeness (QED) is 0.815. The molecule has 6 heteroatoms. The third kappa shape index (κ3) is 4.76. The van der Waals surface area contributed by atoms with Gasteiger partial charge in [-0.3, -0.25) is 14.3 Å². The number of carbonyl (C=O) groups is 2. The number of carboxylic acids is 1. The fraction of sp³-hybridized carbons (Fsp3) is 0.267. The second-order valence-electron chi connectivity index (χ2n) is 4.62. The molecule has 0 bridgehead atoms. The minimum atomic E-state index is -0.852. The summed E-state index contributed by atoms with van der Waals surface area (Å²) in [6.07, 6.45) is 4.22. The van der Waals surface area contributed by atoms with E-state index in [4.69, 9.17) is 5.11 Å². The summed E-state index contributed by atoms with van der Waals surface area (Å²) in [5.74, 6) is -0.969. The Hall–Kier alpha value is -2.63. The van der Waals surface area contributed by atoms with Crippen LogP contribution in [0.2, 0.25) is 0 Å². The monoisotopic (exact) mass is 287 g/mol. The van der Waals surface area contributed by atoms with Crippen molar-refractivity contribution in [3.8, 4) is 0 Å². The van der Waals surface area contributed by atoms with Crippen LogP contribution in [0.3, 0.4) is 0 Å². The maximum atomic E-state index is 11.9. The molecule has 1 aromatic carbocycles. The second kappa shape index (κ2) is 7.23. The van der Waals surface area contributed by atoms with Crippen molar-refractivity contribution in [2.45, 2.75) is 25.8 Å². The summed E-state index contributed by atoms with van der Waals surface area (Å²) in [5.41, 5.74) is 1.50. The van der Waals surface area contributed by atoms with Crippen LogP contribution in [0.1, 0.15) is 18.4 Å². The van der Waals surface area contributed by atoms with Crippen LogP contribution in [0.25, 0.3) is 0 Å². The van der Waals surface area contributed by atoms with Gasteiger partial charge in [0, 0.05) is 37.5 Å². The summed E-state index contributed by atoms with van der Waals surface area (Å²) in [5, 5.41) is 15.6. The van der Waals surface area contributed by atoms with Crippen molar-refractivity contribution in [1.29, 1.82) is 0 Å². The van der Waals surface area contributed by atoms with Gasteiger partial charge in [-0.1, -0.05) is 18.2 Å². The van der Waals surface area contributed by atoms with Crippen molar-refractivity contribution >= 4 is 17.6 Å². The Labute approximate surface area is 122 Å². The Bertz CT molecular complexity index is 608. The molecule has 1 heterocycles. The van der Waals surface area contributed by atoms with E-state index >= 15 is 0 Å². The molecule has 0 fully saturated rings. The van der Waals surface area contributed by atoms with Crippen molar-refractivity contribution in [1.82, 2.24) is 9.78 Å². The summed E-state index contributed by atoms with van der Waals surface area (Å²) >= 11 is 0. The predicted molar refractivity (Wildman–Crippen MR) is 77.9 cm³/mol. The number of benzene rings is 1. The number of nitrogens with one attached hydrogen (secondary N) is 1. The molecule has 6 nitrogen and oxygen atoms in total. The molecule has 0 aliphatic rings. The number of rotatable bonds is 7. The molecule has 0 saturated heterocycles. The lowest BCUT2D eigenvalue weighted by Crippen LogP contribution is -2.16. The molecule has 1 aromatic heterocycles. The average Bonchev–Trinajstić information content (AvgIpc) is 2.97. The molecular formula is C15H17N3O3. The van der Waals surface area contributed by atoms with Gasteiger partial charge in [-0.2, -0.15) is 5.10 Å². The molecule has 0 atom stereocenters. The van der Waals surface area contributed by atoms with Gasteiger partial charge in [-0.05, 0) is 24.1 Å². The number of hydrogen-bond acceptors (Lipinski definition) is 3. The van der Waals surface area contributed by atoms with Gasteiger partial charge < -0.3 is 10.4 Å². The Kier molecular flexibility index (Phi) is 5.09. The van der Waals surface area contributed by atoms with Crippen LogP contribution in [0, 0.1) is 0 Å². The summed E-state index contributed by atoms with van der Waals surface area (Å²) < 4.78 is 1.69. The van der Waals surface area contributed by atoms with Gasteiger partial charge in [0.25, 0.3) is 0 Å². The van der Waals surface area contributed by atoms with Crippen LogP contribution in [-0.2, 0) is 22.6 Å². The third-order valence-electron chi connectivity index (χ3n) is 3.03. The maximum Gasteiger partial charge on any atom is 0.303 e. The SMILES string of the molecule is O=C(O)CCc1ccccc1NC(=O)CCn1cccn1. The van der Waals surface area contributed by atoms with Crippen LogP contribution < -0.4 is 5.32 Å². The van der Waals surface area contributed by atoms with Crippen LogP contribution in [-0.4, -0.2) is 26.8 Å². The highest BCUT2D eigenvalue weighted by atomic mass is 16.4. The number of carboxylic acid groups (broad SMARTS) is 1. The lowest BCUT2D eigenvalue weighted by Gasteiger charge is -2.10. The first kappa shape index (κ1) is 14.8. The molecule has 0 spiro atoms. The highest BCUT2D eigenvalue weighted by Gasteiger charge is 2.08. The molecular weight excluding hydrogens is 270 g/mol. The fourth-order valence-electron chi connectivity index (χ4n) is 1.96. The first-order chi connectivity index (χ1) is 10.1. The van der Waals surface area contributed by atoms with Gasteiger partial charge >= 0.3 is 5.97 Å². The average molecular weight is 287 g/mol. The van der Waals surface area contributed by atoms with Crippen molar-refractivity contribution in [3.05, 3.63) is 48.3 Å². The Balaban J connectivity index is 1.92. The number of aryl methyl sites for hydroxylation is 2. The second-order valence-corrected chi connectivity index (χ2v) is 4.62. The van der Waals surface area contributed by atoms with E-state index < -0.39 is 5.97 Å². The Morgan fingerprint density at radius 3 is 2.71 bits per heavy atom. The number of nitrogens with zero attached hydrogens (tertiary/aromatic N) is 2. The smallest absolute Gasteiger partial charge is 0.303 e. The molecule has 0 radical (unpaired) electrons. The number of aliphatic carboxylic acids is 1. The van der Waals surface area contributed by atoms with Crippen LogP contribution >= 0.6 is 0 Å². The normalized spacial score (nSPS) is 10.3. The van der Waals surface area contributed by atoms with Gasteiger partial charge in [0.05, 0.1) is 0 Å². The molecule has 0 aliphatic heterocycles. The summed E-state index contributed by atoms with van der Waals surface area (Å²) in [6, 6.07) is 9.05. The van der Waals surface area contributed by atoms with Gasteiger partial charge in [-0.25, -0.2) is 0 Å². The van der Waals surface area contributed by atoms with Crippen molar-refractivity contribution in [3.63, 3.8) is 0 Å². The standard InChI is InChI=1S/C15H17N3O3/c19-14(8-11-18-10-3-9-16-18)17-13-5-2-1-4-12(13)6-7-15(20)21/h1-5,9-10H,6-8,11H2,(H,17,19)(H,20,21). The van der Waals surface area contributed by atoms with E-state index in [1.54, 1.807) is 29.2 Å². The largest absolute Gasteiger partial charge is 0.481 e. The summed E-state index contributed by atoms with van der Waals surface area (Å²) in [4.78, 5) is 22.6. The number of para-hydroxylation sites is 1. The van der Waals surface area contributed by atoms with E-state index in [0.717, 1.165) is 5.56 Å². The van der Waals surface area contributed by atoms with Gasteiger partial charge in [0.2, 0.25) is 5.91 Å². The summed E-state index contributed by atoms with van der Waals surface area (Å²) in [6.45, 7) is 0.510. The van der Waals surface area contributed by atoms with Crippen LogP contribution in [0.4, 0.5) is 5.69 Å². The van der Waals surface area contributed by atoms with Crippen LogP contribution in [0.5, 0.6) is 0 Å². The zero-order valence-electron chi connectivity index (χ0n) is 11.5. The minimum Gasteiger partial charge on any atom is -0.481 e. The third-order valence-corrected chi connectivity index (χ3v) is 3.03. The fourth-order valence-corrected chi connectivity index (χ4v) is 1.96. The molecule has 0 unspecified atom stereocenters. The highest BCUT2D eigenvalue weighted by molar-refractivity contribution is 5.91. The van der Waals surface area contributed by atoms with Crippen molar-refractivity contribution in [2.24, 2.45) is 0 Å². The molecule has 2 rings (SSSR count). The molecule has 21 heavy (non-hydrogen) atoms. The number of aromatic nitrogens is 2. The lowest BCUT2D eigenvalue weighted by molar-refractivity contribution is -0.136. The molecule has 0 aliphatic carbocycles. The number of carbonyl (C=O) groups excluding carboxylic acids is 1. The van der Waals surface area contributed by atoms with E-state index in [0.29, 0.717) is 25.1 Å². The van der Waals surface area contributed by atoms with E-state index in [1.807, 2.05) is 18.2 Å². The maximum absolute atomic E-state index is 11.9. The van der Waals surface area contributed by atoms with Crippen LogP contribution in [0.15, 0.2) is 42.7 Å². The van der Waals surface area contributed by atoms with E-state index in [2.05, 4.69) is 10.4 Å². The number of anilines is 1. The van der Waals surface area contributed by atoms with Gasteiger partial charge in [-0.15, -0.1) is 0 Å². The number of amides is 1. The topological polar surface area (TPSA) is 84.2 Å². The van der Waals surface area contributed by atoms with Gasteiger partial charge in [0.15, 0.2) is 0 Å². The van der Waals surface area contributed by atoms with E-state index in [9.17, 15) is 9.59 Å². The van der Waals surface area contributed by atoms with E-state index in [-0.39, 0.29) is 12.3 Å². The van der Waals surface area contributed by atoms with Crippen molar-refractivity contribution in [2.75, 3.05) is 5.32 Å². The molecule has 0 saturated carbocycles. The molecule has 1 amide bonds. The first-order valence-electron chi connectivity index (χ1n) is 6.72. The summed E-state index contributed by atoms with van der Waals surface area (Å²) in [7, 11) is 0. The Morgan fingerprint density at radius 2 is 2.00 bits per heavy atom. The zero-order chi connectivity index (χ0) is 15.1. The molecule has 2 aromatic rings. The zero-order valence-corrected chi connectivity index (χ0v) is 11.5. The Morgan fingerprint density at radius 1 is 1.19 bits per heavy atom. The number of hydrogen-bond donors (Lipinski definition) is 2. The van der Waals surface area contributed by atoms with Crippen molar-refractivity contribution < 1.29 is 14.7 Å². The predicted octanol–water partition coefficient (Wildman–Crippen LogP) is 1.93.